The first-order valence-electron chi connectivity index (χ1n) is 4.49. The summed E-state index contributed by atoms with van der Waals surface area (Å²) in [5, 5.41) is 0.292. The van der Waals surface area contributed by atoms with E-state index >= 15 is 0 Å². The lowest BCUT2D eigenvalue weighted by molar-refractivity contribution is 0.966. The summed E-state index contributed by atoms with van der Waals surface area (Å²) in [5.74, 6) is 0. The molecule has 78 valence electrons. The lowest BCUT2D eigenvalue weighted by Gasteiger charge is -2.04. The van der Waals surface area contributed by atoms with Gasteiger partial charge in [-0.25, -0.2) is 4.98 Å². The molecule has 0 amide bonds. The van der Waals surface area contributed by atoms with Crippen LogP contribution >= 0.6 is 27.5 Å². The normalized spacial score (nSPS) is 10.9. The van der Waals surface area contributed by atoms with Crippen LogP contribution in [0.2, 0.25) is 5.15 Å². The molecule has 0 aliphatic carbocycles. The molecule has 0 fully saturated rings. The second-order valence-electron chi connectivity index (χ2n) is 3.11. The van der Waals surface area contributed by atoms with Crippen molar-refractivity contribution in [1.29, 1.82) is 0 Å². The third-order valence-electron chi connectivity index (χ3n) is 2.19. The fourth-order valence-electron chi connectivity index (χ4n) is 1.42. The zero-order valence-corrected chi connectivity index (χ0v) is 10.3. The van der Waals surface area contributed by atoms with E-state index in [2.05, 4.69) is 20.9 Å². The van der Waals surface area contributed by atoms with Gasteiger partial charge >= 0.3 is 0 Å². The van der Waals surface area contributed by atoms with Crippen molar-refractivity contribution in [1.82, 2.24) is 9.38 Å². The molecule has 2 aromatic heterocycles. The average Bonchev–Trinajstić information content (AvgIpc) is 2.17. The molecule has 0 N–H and O–H groups in total. The smallest absolute Gasteiger partial charge is 0.262 e. The van der Waals surface area contributed by atoms with Gasteiger partial charge in [-0.1, -0.05) is 34.5 Å². The molecule has 5 heteroatoms. The Morgan fingerprint density at radius 2 is 2.33 bits per heavy atom. The maximum Gasteiger partial charge on any atom is 0.262 e. The van der Waals surface area contributed by atoms with Crippen LogP contribution < -0.4 is 5.56 Å². The molecule has 0 aliphatic rings. The largest absolute Gasteiger partial charge is 0.269 e. The summed E-state index contributed by atoms with van der Waals surface area (Å²) >= 11 is 9.24. The Kier molecular flexibility index (Phi) is 2.80. The number of hydrogen-bond donors (Lipinski definition) is 0. The summed E-state index contributed by atoms with van der Waals surface area (Å²) in [6, 6.07) is 3.55. The minimum Gasteiger partial charge on any atom is -0.269 e. The zero-order chi connectivity index (χ0) is 11.0. The first-order valence-corrected chi connectivity index (χ1v) is 5.67. The predicted octanol–water partition coefficient (Wildman–Crippen LogP) is 2.67. The number of nitrogens with zero attached hydrogens (tertiary/aromatic N) is 2. The van der Waals surface area contributed by atoms with Gasteiger partial charge in [-0.3, -0.25) is 9.20 Å². The van der Waals surface area contributed by atoms with Crippen molar-refractivity contribution in [2.24, 2.45) is 0 Å². The molecule has 0 spiro atoms. The molecule has 2 heterocycles. The summed E-state index contributed by atoms with van der Waals surface area (Å²) in [4.78, 5) is 16.1. The number of fused-ring (bicyclic) bond motifs is 1. The van der Waals surface area contributed by atoms with E-state index < -0.39 is 0 Å². The maximum absolute atomic E-state index is 11.9. The first-order chi connectivity index (χ1) is 7.13. The van der Waals surface area contributed by atoms with Crippen molar-refractivity contribution < 1.29 is 0 Å². The standard InChI is InChI=1S/C10H8BrClN2O/c1-2-7-9(12)13-8-5-6(11)3-4-14(8)10(7)15/h3-5H,2H2,1H3. The van der Waals surface area contributed by atoms with Crippen molar-refractivity contribution in [2.75, 3.05) is 0 Å². The van der Waals surface area contributed by atoms with Crippen molar-refractivity contribution >= 4 is 33.2 Å². The molecule has 0 saturated heterocycles. The SMILES string of the molecule is CCc1c(Cl)nc2cc(Br)ccn2c1=O. The molecule has 0 atom stereocenters. The van der Waals surface area contributed by atoms with Crippen molar-refractivity contribution in [3.63, 3.8) is 0 Å². The topological polar surface area (TPSA) is 34.4 Å². The Morgan fingerprint density at radius 3 is 3.00 bits per heavy atom. The van der Waals surface area contributed by atoms with Crippen LogP contribution in [0.1, 0.15) is 12.5 Å². The highest BCUT2D eigenvalue weighted by Gasteiger charge is 2.08. The van der Waals surface area contributed by atoms with Crippen LogP contribution in [0, 0.1) is 0 Å². The molecule has 2 rings (SSSR count). The third kappa shape index (κ3) is 1.79. The molecule has 0 unspecified atom stereocenters. The maximum atomic E-state index is 11.9. The predicted molar refractivity (Wildman–Crippen MR) is 63.6 cm³/mol. The fraction of sp³-hybridized carbons (Fsp3) is 0.200. The average molecular weight is 288 g/mol. The van der Waals surface area contributed by atoms with E-state index in [1.54, 1.807) is 18.3 Å². The van der Waals surface area contributed by atoms with Crippen LogP contribution in [0.15, 0.2) is 27.6 Å². The quantitative estimate of drug-likeness (QED) is 0.756. The Balaban J connectivity index is 2.91. The van der Waals surface area contributed by atoms with Crippen LogP contribution in [0.5, 0.6) is 0 Å². The Bertz CT molecular complexity index is 579. The number of rotatable bonds is 1. The first kappa shape index (κ1) is 10.6. The van der Waals surface area contributed by atoms with E-state index in [1.807, 2.05) is 6.92 Å². The molecule has 0 radical (unpaired) electrons. The van der Waals surface area contributed by atoms with Gasteiger partial charge in [0.15, 0.2) is 0 Å². The molecular weight excluding hydrogens is 279 g/mol. The Morgan fingerprint density at radius 1 is 1.60 bits per heavy atom. The van der Waals surface area contributed by atoms with Crippen molar-refractivity contribution in [3.05, 3.63) is 43.9 Å². The van der Waals surface area contributed by atoms with Gasteiger partial charge in [-0.05, 0) is 18.6 Å². The Hall–Kier alpha value is -0.870. The molecular formula is C10H8BrClN2O. The van der Waals surface area contributed by atoms with E-state index in [4.69, 9.17) is 11.6 Å². The Labute approximate surface area is 99.8 Å². The minimum atomic E-state index is -0.0972. The number of aromatic nitrogens is 2. The van der Waals surface area contributed by atoms with Gasteiger partial charge < -0.3 is 0 Å². The van der Waals surface area contributed by atoms with Crippen molar-refractivity contribution in [2.45, 2.75) is 13.3 Å². The van der Waals surface area contributed by atoms with Crippen LogP contribution in [0.4, 0.5) is 0 Å². The van der Waals surface area contributed by atoms with Gasteiger partial charge in [-0.15, -0.1) is 0 Å². The zero-order valence-electron chi connectivity index (χ0n) is 8.00. The molecule has 0 aliphatic heterocycles. The highest BCUT2D eigenvalue weighted by atomic mass is 79.9. The van der Waals surface area contributed by atoms with Gasteiger partial charge in [0.1, 0.15) is 10.8 Å². The fourth-order valence-corrected chi connectivity index (χ4v) is 2.04. The highest BCUT2D eigenvalue weighted by molar-refractivity contribution is 9.10. The van der Waals surface area contributed by atoms with Gasteiger partial charge in [0.05, 0.1) is 5.56 Å². The number of pyridine rings is 1. The summed E-state index contributed by atoms with van der Waals surface area (Å²) < 4.78 is 2.37. The van der Waals surface area contributed by atoms with E-state index in [1.165, 1.54) is 4.40 Å². The number of hydrogen-bond acceptors (Lipinski definition) is 2. The second-order valence-corrected chi connectivity index (χ2v) is 4.39. The van der Waals surface area contributed by atoms with Crippen LogP contribution in [0.25, 0.3) is 5.65 Å². The van der Waals surface area contributed by atoms with E-state index in [-0.39, 0.29) is 5.56 Å². The molecule has 2 aromatic rings. The van der Waals surface area contributed by atoms with Gasteiger partial charge in [0, 0.05) is 10.7 Å². The van der Waals surface area contributed by atoms with Crippen LogP contribution in [-0.2, 0) is 6.42 Å². The lowest BCUT2D eigenvalue weighted by atomic mass is 10.2. The molecule has 0 bridgehead atoms. The summed E-state index contributed by atoms with van der Waals surface area (Å²) in [6.07, 6.45) is 2.27. The summed E-state index contributed by atoms with van der Waals surface area (Å²) in [7, 11) is 0. The van der Waals surface area contributed by atoms with Gasteiger partial charge in [0.25, 0.3) is 5.56 Å². The second kappa shape index (κ2) is 3.94. The lowest BCUT2D eigenvalue weighted by Crippen LogP contribution is -2.19. The molecule has 0 aromatic carbocycles. The minimum absolute atomic E-state index is 0.0972. The molecule has 0 saturated carbocycles. The third-order valence-corrected chi connectivity index (χ3v) is 2.99. The van der Waals surface area contributed by atoms with Crippen LogP contribution in [-0.4, -0.2) is 9.38 Å². The van der Waals surface area contributed by atoms with Gasteiger partial charge in [-0.2, -0.15) is 0 Å². The van der Waals surface area contributed by atoms with Crippen LogP contribution in [0.3, 0.4) is 0 Å². The highest BCUT2D eigenvalue weighted by Crippen LogP contribution is 2.14. The monoisotopic (exact) mass is 286 g/mol. The molecule has 3 nitrogen and oxygen atoms in total. The summed E-state index contributed by atoms with van der Waals surface area (Å²) in [5.41, 5.74) is 1.01. The van der Waals surface area contributed by atoms with Crippen molar-refractivity contribution in [3.8, 4) is 0 Å². The van der Waals surface area contributed by atoms with E-state index in [0.717, 1.165) is 4.47 Å². The van der Waals surface area contributed by atoms with E-state index in [0.29, 0.717) is 22.8 Å². The van der Waals surface area contributed by atoms with E-state index in [9.17, 15) is 4.79 Å². The summed E-state index contributed by atoms with van der Waals surface area (Å²) in [6.45, 7) is 1.88. The molecule has 15 heavy (non-hydrogen) atoms. The van der Waals surface area contributed by atoms with Gasteiger partial charge in [0.2, 0.25) is 0 Å². The number of halogens is 2.